The van der Waals surface area contributed by atoms with Gasteiger partial charge in [0.1, 0.15) is 22.9 Å². The number of aromatic nitrogens is 5. The number of nitrogens with one attached hydrogen (secondary N) is 2. The minimum absolute atomic E-state index is 0.0342. The molecule has 0 spiro atoms. The van der Waals surface area contributed by atoms with E-state index in [2.05, 4.69) is 27.2 Å². The first kappa shape index (κ1) is 40.3. The Morgan fingerprint density at radius 1 is 0.934 bits per heavy atom. The Balaban J connectivity index is 0.830. The Labute approximate surface area is 351 Å². The summed E-state index contributed by atoms with van der Waals surface area (Å²) in [4.78, 5) is 77.1. The summed E-state index contributed by atoms with van der Waals surface area (Å²) < 4.78 is 17.7. The number of ether oxygens (including phenoxy) is 2. The van der Waals surface area contributed by atoms with Crippen molar-refractivity contribution in [2.75, 3.05) is 30.9 Å². The van der Waals surface area contributed by atoms with Crippen molar-refractivity contribution >= 4 is 63.7 Å². The zero-order valence-corrected chi connectivity index (χ0v) is 34.5. The topological polar surface area (TPSA) is 176 Å². The van der Waals surface area contributed by atoms with Crippen LogP contribution in [0.15, 0.2) is 90.5 Å². The number of anilines is 2. The lowest BCUT2D eigenvalue weighted by Crippen LogP contribution is -2.35. The van der Waals surface area contributed by atoms with Crippen LogP contribution in [0.2, 0.25) is 0 Å². The zero-order chi connectivity index (χ0) is 43.1. The number of rotatable bonds is 13. The second-order valence-electron chi connectivity index (χ2n) is 15.5. The smallest absolute Gasteiger partial charge is 0.279 e. The van der Waals surface area contributed by atoms with E-state index < -0.39 is 5.91 Å². The van der Waals surface area contributed by atoms with Crippen molar-refractivity contribution in [3.8, 4) is 11.5 Å². The molecule has 0 bridgehead atoms. The van der Waals surface area contributed by atoms with Gasteiger partial charge in [0, 0.05) is 83.0 Å². The predicted octanol–water partition coefficient (Wildman–Crippen LogP) is 6.02. The highest BCUT2D eigenvalue weighted by atomic mass is 16.5. The van der Waals surface area contributed by atoms with Crippen LogP contribution in [0.5, 0.6) is 11.5 Å². The van der Waals surface area contributed by atoms with Gasteiger partial charge < -0.3 is 38.7 Å². The van der Waals surface area contributed by atoms with Gasteiger partial charge in [-0.15, -0.1) is 0 Å². The monoisotopic (exact) mass is 823 g/mol. The van der Waals surface area contributed by atoms with Crippen LogP contribution in [0.25, 0.3) is 10.9 Å². The molecule has 8 rings (SSSR count). The maximum Gasteiger partial charge on any atom is 0.279 e. The van der Waals surface area contributed by atoms with Gasteiger partial charge in [-0.25, -0.2) is 4.98 Å². The largest absolute Gasteiger partial charge is 0.497 e. The summed E-state index contributed by atoms with van der Waals surface area (Å²) in [5.74, 6) is 0.336. The molecular formula is C45H45N9O7. The first-order chi connectivity index (χ1) is 29.3. The van der Waals surface area contributed by atoms with Crippen LogP contribution in [0.4, 0.5) is 17.2 Å². The van der Waals surface area contributed by atoms with Crippen LogP contribution in [-0.4, -0.2) is 90.1 Å². The van der Waals surface area contributed by atoms with E-state index >= 15 is 0 Å². The van der Waals surface area contributed by atoms with Crippen LogP contribution < -0.4 is 20.1 Å². The molecule has 4 aromatic heterocycles. The Kier molecular flexibility index (Phi) is 10.8. The van der Waals surface area contributed by atoms with Crippen molar-refractivity contribution < 1.29 is 33.4 Å². The molecule has 61 heavy (non-hydrogen) atoms. The summed E-state index contributed by atoms with van der Waals surface area (Å²) in [5.41, 5.74) is 5.34. The lowest BCUT2D eigenvalue weighted by Gasteiger charge is -2.20. The molecule has 2 N–H and O–H groups in total. The lowest BCUT2D eigenvalue weighted by atomic mass is 10.1. The number of Topliss-reactive ketones (excluding diaryl/α,β-unsaturated/α-hetero) is 1. The fraction of sp³-hybridized carbons (Fsp3) is 0.267. The van der Waals surface area contributed by atoms with Gasteiger partial charge in [0.25, 0.3) is 17.7 Å². The van der Waals surface area contributed by atoms with Crippen LogP contribution in [0.1, 0.15) is 72.3 Å². The number of carbonyl (C=O) groups excluding carboxylic acids is 5. The molecule has 1 saturated heterocycles. The predicted molar refractivity (Wildman–Crippen MR) is 230 cm³/mol. The standard InChI is InChI=1S/C45H45N9O7/c1-26-14-31-21-46-34-20-39(27(2)15-33(34)44(58)54(31)22-26)61-13-7-8-41(56)48-40-25-52(5)42(49-40)38(55)17-28-16-36(50(3)23-28)43(57)47-30-19-37(51(4)24-30)45(59)53-12-11-29-18-32(60-6)9-10-35(29)53/h9-12,15-16,18-21,23-25,31H,1,7-8,13-14,17,22H2,2-6H3,(H,47,57)(H,48,56)/t31-/m0/s1. The van der Waals surface area contributed by atoms with Gasteiger partial charge in [-0.1, -0.05) is 12.2 Å². The van der Waals surface area contributed by atoms with Crippen molar-refractivity contribution in [3.05, 3.63) is 119 Å². The third-order valence-electron chi connectivity index (χ3n) is 10.9. The first-order valence-corrected chi connectivity index (χ1v) is 19.7. The van der Waals surface area contributed by atoms with E-state index in [0.717, 1.165) is 22.0 Å². The van der Waals surface area contributed by atoms with Gasteiger partial charge in [0.05, 0.1) is 42.2 Å². The van der Waals surface area contributed by atoms with Gasteiger partial charge >= 0.3 is 0 Å². The van der Waals surface area contributed by atoms with Crippen LogP contribution in [0, 0.1) is 6.92 Å². The minimum Gasteiger partial charge on any atom is -0.497 e. The van der Waals surface area contributed by atoms with Crippen molar-refractivity contribution in [1.82, 2.24) is 28.2 Å². The van der Waals surface area contributed by atoms with E-state index in [1.165, 1.54) is 0 Å². The SMILES string of the molecule is C=C1C[C@H]2C=Nc3cc(OCCCC(=O)Nc4cn(C)c(C(=O)Cc5cc(C(=O)Nc6cc(C(=O)n7ccc8cc(OC)ccc87)n(C)c6)n(C)c5)n4)c(C)cc3C(=O)N2C1. The second kappa shape index (κ2) is 16.3. The highest BCUT2D eigenvalue weighted by Crippen LogP contribution is 2.35. The van der Waals surface area contributed by atoms with Gasteiger partial charge in [-0.3, -0.25) is 33.5 Å². The molecule has 1 atom stereocenters. The molecule has 3 amide bonds. The Bertz CT molecular complexity index is 2820. The first-order valence-electron chi connectivity index (χ1n) is 19.7. The average molecular weight is 824 g/mol. The normalized spacial score (nSPS) is 14.5. The molecule has 312 valence electrons. The summed E-state index contributed by atoms with van der Waals surface area (Å²) in [5, 5.41) is 6.48. The van der Waals surface area contributed by atoms with Gasteiger partial charge in [-0.2, -0.15) is 0 Å². The fourth-order valence-corrected chi connectivity index (χ4v) is 7.83. The summed E-state index contributed by atoms with van der Waals surface area (Å²) in [6.45, 7) is 6.68. The number of fused-ring (bicyclic) bond motifs is 3. The molecule has 2 aliphatic rings. The molecule has 0 saturated carbocycles. The number of nitrogens with zero attached hydrogens (tertiary/aromatic N) is 7. The van der Waals surface area contributed by atoms with Crippen molar-refractivity contribution in [3.63, 3.8) is 0 Å². The summed E-state index contributed by atoms with van der Waals surface area (Å²) in [6, 6.07) is 14.0. The molecule has 2 aliphatic heterocycles. The number of benzene rings is 2. The Morgan fingerprint density at radius 3 is 2.54 bits per heavy atom. The zero-order valence-electron chi connectivity index (χ0n) is 34.5. The van der Waals surface area contributed by atoms with Crippen molar-refractivity contribution in [1.29, 1.82) is 0 Å². The Morgan fingerprint density at radius 2 is 1.74 bits per heavy atom. The number of aryl methyl sites for hydroxylation is 4. The van der Waals surface area contributed by atoms with Crippen LogP contribution in [0.3, 0.4) is 0 Å². The van der Waals surface area contributed by atoms with Gasteiger partial charge in [-0.05, 0) is 73.4 Å². The molecule has 16 heteroatoms. The molecule has 0 aliphatic carbocycles. The van der Waals surface area contributed by atoms with Gasteiger partial charge in [0.2, 0.25) is 11.7 Å². The highest BCUT2D eigenvalue weighted by molar-refractivity contribution is 6.06. The molecule has 16 nitrogen and oxygen atoms in total. The Hall–Kier alpha value is -7.49. The van der Waals surface area contributed by atoms with E-state index in [4.69, 9.17) is 9.47 Å². The number of ketones is 1. The third kappa shape index (κ3) is 8.11. The van der Waals surface area contributed by atoms with E-state index in [1.54, 1.807) is 113 Å². The summed E-state index contributed by atoms with van der Waals surface area (Å²) >= 11 is 0. The van der Waals surface area contributed by atoms with E-state index in [-0.39, 0.29) is 60.6 Å². The number of carbonyl (C=O) groups is 5. The molecule has 0 unspecified atom stereocenters. The molecule has 1 fully saturated rings. The maximum absolute atomic E-state index is 13.5. The van der Waals surface area contributed by atoms with Crippen LogP contribution in [-0.2, 0) is 32.4 Å². The quantitative estimate of drug-likeness (QED) is 0.0808. The van der Waals surface area contributed by atoms with E-state index in [0.29, 0.717) is 64.8 Å². The molecular weight excluding hydrogens is 779 g/mol. The van der Waals surface area contributed by atoms with Crippen LogP contribution >= 0.6 is 0 Å². The lowest BCUT2D eigenvalue weighted by molar-refractivity contribution is -0.116. The number of imidazole rings is 1. The maximum atomic E-state index is 13.5. The highest BCUT2D eigenvalue weighted by Gasteiger charge is 2.34. The van der Waals surface area contributed by atoms with Crippen molar-refractivity contribution in [2.45, 2.75) is 38.6 Å². The minimum atomic E-state index is -0.414. The number of methoxy groups -OCH3 is 1. The summed E-state index contributed by atoms with van der Waals surface area (Å²) in [7, 11) is 6.70. The van der Waals surface area contributed by atoms with Crippen molar-refractivity contribution in [2.24, 2.45) is 26.1 Å². The molecule has 6 aromatic rings. The number of amides is 3. The average Bonchev–Trinajstić information content (AvgIpc) is 4.05. The van der Waals surface area contributed by atoms with E-state index in [9.17, 15) is 24.0 Å². The number of hydrogen-bond acceptors (Lipinski definition) is 9. The van der Waals surface area contributed by atoms with Gasteiger partial charge in [0.15, 0.2) is 11.6 Å². The molecule has 6 heterocycles. The third-order valence-corrected chi connectivity index (χ3v) is 10.9. The number of aliphatic imine (C=N–C) groups is 1. The second-order valence-corrected chi connectivity index (χ2v) is 15.5. The molecule has 2 aromatic carbocycles. The van der Waals surface area contributed by atoms with E-state index in [1.807, 2.05) is 25.1 Å². The molecule has 0 radical (unpaired) electrons. The number of hydrogen-bond donors (Lipinski definition) is 2. The summed E-state index contributed by atoms with van der Waals surface area (Å²) in [6.07, 6.45) is 9.66. The fourth-order valence-electron chi connectivity index (χ4n) is 7.83.